The molecular weight excluding hydrogens is 328 g/mol. The predicted molar refractivity (Wildman–Crippen MR) is 98.2 cm³/mol. The quantitative estimate of drug-likeness (QED) is 0.455. The minimum Gasteiger partial charge on any atom is -0.616 e. The molecule has 26 heavy (non-hydrogen) atoms. The molecule has 5 nitrogen and oxygen atoms in total. The summed E-state index contributed by atoms with van der Waals surface area (Å²) in [6.07, 6.45) is 1.78. The van der Waals surface area contributed by atoms with Gasteiger partial charge in [-0.15, -0.1) is 0 Å². The van der Waals surface area contributed by atoms with E-state index in [0.717, 1.165) is 47.4 Å². The summed E-state index contributed by atoms with van der Waals surface area (Å²) in [5.41, 5.74) is 3.87. The molecule has 2 saturated heterocycles. The van der Waals surface area contributed by atoms with E-state index in [0.29, 0.717) is 6.04 Å². The van der Waals surface area contributed by atoms with Crippen molar-refractivity contribution >= 4 is 11.4 Å². The van der Waals surface area contributed by atoms with Crippen LogP contribution in [0.15, 0.2) is 40.8 Å². The molecule has 1 aliphatic carbocycles. The number of ether oxygens (including phenoxy) is 1. The predicted octanol–water partition coefficient (Wildman–Crippen LogP) is 1.21. The zero-order valence-electron chi connectivity index (χ0n) is 15.7. The lowest BCUT2D eigenvalue weighted by molar-refractivity contribution is -0.933. The molecule has 138 valence electrons. The number of methoxy groups -OCH3 is 1. The highest BCUT2D eigenvalue weighted by molar-refractivity contribution is 6.14. The summed E-state index contributed by atoms with van der Waals surface area (Å²) in [6, 6.07) is 8.84. The van der Waals surface area contributed by atoms with Crippen molar-refractivity contribution < 1.29 is 19.4 Å². The van der Waals surface area contributed by atoms with Crippen LogP contribution in [0.4, 0.5) is 5.69 Å². The molecule has 3 fully saturated rings. The SMILES string of the molecule is COC([O-])=C1C2=Nc3ccccc3C23CC[N+]2(C)C[C@@H]([C@@H](C)[OH2+])[C@@H]1C[C@@H]32. The Morgan fingerprint density at radius 2 is 2.19 bits per heavy atom. The largest absolute Gasteiger partial charge is 0.616 e. The third-order valence-corrected chi connectivity index (χ3v) is 7.67. The van der Waals surface area contributed by atoms with Crippen LogP contribution in [0.25, 0.3) is 0 Å². The van der Waals surface area contributed by atoms with Crippen LogP contribution >= 0.6 is 0 Å². The monoisotopic (exact) mass is 355 g/mol. The van der Waals surface area contributed by atoms with Gasteiger partial charge in [0.15, 0.2) is 6.10 Å². The Morgan fingerprint density at radius 1 is 1.42 bits per heavy atom. The van der Waals surface area contributed by atoms with E-state index in [2.05, 4.69) is 25.2 Å². The topological polar surface area (TPSA) is 67.5 Å². The summed E-state index contributed by atoms with van der Waals surface area (Å²) in [4.78, 5) is 5.01. The van der Waals surface area contributed by atoms with Crippen LogP contribution in [-0.2, 0) is 10.2 Å². The van der Waals surface area contributed by atoms with Gasteiger partial charge in [-0.2, -0.15) is 0 Å². The fourth-order valence-electron chi connectivity index (χ4n) is 6.54. The Bertz CT molecular complexity index is 845. The fourth-order valence-corrected chi connectivity index (χ4v) is 6.54. The number of likely N-dealkylation sites (N-methyl/N-ethyl adjacent to an activating group) is 1. The summed E-state index contributed by atoms with van der Waals surface area (Å²) >= 11 is 0. The average Bonchev–Trinajstić information content (AvgIpc) is 3.14. The van der Waals surface area contributed by atoms with Crippen LogP contribution in [0.1, 0.15) is 25.3 Å². The maximum absolute atomic E-state index is 12.9. The summed E-state index contributed by atoms with van der Waals surface area (Å²) in [6.45, 7) is 4.02. The van der Waals surface area contributed by atoms with Gasteiger partial charge in [-0.25, -0.2) is 0 Å². The second-order valence-corrected chi connectivity index (χ2v) is 8.80. The second-order valence-electron chi connectivity index (χ2n) is 8.80. The van der Waals surface area contributed by atoms with Gasteiger partial charge in [0.25, 0.3) is 0 Å². The second kappa shape index (κ2) is 5.11. The summed E-state index contributed by atoms with van der Waals surface area (Å²) in [5.74, 6) is 0.0198. The van der Waals surface area contributed by atoms with Gasteiger partial charge in [0.1, 0.15) is 6.04 Å². The van der Waals surface area contributed by atoms with Gasteiger partial charge in [0.2, 0.25) is 0 Å². The van der Waals surface area contributed by atoms with Crippen molar-refractivity contribution in [2.24, 2.45) is 16.8 Å². The highest BCUT2D eigenvalue weighted by Gasteiger charge is 2.69. The molecule has 3 heterocycles. The number of piperidine rings is 1. The smallest absolute Gasteiger partial charge is 0.159 e. The minimum absolute atomic E-state index is 0.0884. The molecule has 5 rings (SSSR count). The van der Waals surface area contributed by atoms with E-state index in [9.17, 15) is 5.11 Å². The van der Waals surface area contributed by atoms with Crippen molar-refractivity contribution in [2.75, 3.05) is 27.2 Å². The molecule has 2 unspecified atom stereocenters. The fraction of sp³-hybridized carbons (Fsp3) is 0.571. The summed E-state index contributed by atoms with van der Waals surface area (Å²) < 4.78 is 6.23. The number of rotatable bonds is 2. The van der Waals surface area contributed by atoms with Crippen molar-refractivity contribution in [1.82, 2.24) is 0 Å². The number of allylic oxidation sites excluding steroid dienone is 1. The van der Waals surface area contributed by atoms with E-state index < -0.39 is 0 Å². The maximum atomic E-state index is 12.9. The van der Waals surface area contributed by atoms with Crippen LogP contribution in [0.3, 0.4) is 0 Å². The van der Waals surface area contributed by atoms with Gasteiger partial charge in [-0.3, -0.25) is 4.99 Å². The molecular formula is C21H27N2O3+. The molecule has 2 bridgehead atoms. The molecule has 1 saturated carbocycles. The van der Waals surface area contributed by atoms with E-state index in [-0.39, 0.29) is 29.3 Å². The third-order valence-electron chi connectivity index (χ3n) is 7.67. The van der Waals surface area contributed by atoms with Gasteiger partial charge < -0.3 is 19.4 Å². The Morgan fingerprint density at radius 3 is 2.92 bits per heavy atom. The number of nitrogens with zero attached hydrogens (tertiary/aromatic N) is 2. The maximum Gasteiger partial charge on any atom is 0.159 e. The van der Waals surface area contributed by atoms with E-state index in [4.69, 9.17) is 14.8 Å². The molecule has 0 amide bonds. The van der Waals surface area contributed by atoms with Crippen molar-refractivity contribution in [1.29, 1.82) is 0 Å². The van der Waals surface area contributed by atoms with E-state index in [1.807, 2.05) is 13.0 Å². The van der Waals surface area contributed by atoms with Crippen molar-refractivity contribution in [3.05, 3.63) is 41.3 Å². The number of hydrogen-bond donors (Lipinski definition) is 0. The van der Waals surface area contributed by atoms with Crippen molar-refractivity contribution in [3.8, 4) is 0 Å². The van der Waals surface area contributed by atoms with Gasteiger partial charge in [0, 0.05) is 31.3 Å². The first-order valence-electron chi connectivity index (χ1n) is 9.62. The highest BCUT2D eigenvalue weighted by Crippen LogP contribution is 2.62. The molecule has 1 spiro atoms. The van der Waals surface area contributed by atoms with Crippen LogP contribution in [-0.4, -0.2) is 54.7 Å². The molecule has 4 aliphatic rings. The highest BCUT2D eigenvalue weighted by atomic mass is 16.6. The van der Waals surface area contributed by atoms with E-state index in [1.165, 1.54) is 12.7 Å². The lowest BCUT2D eigenvalue weighted by Gasteiger charge is -2.54. The van der Waals surface area contributed by atoms with Crippen LogP contribution in [0, 0.1) is 11.8 Å². The standard InChI is InChI=1S/C21H26N2O3/c1-12(24)14-11-23(2)9-8-21-15-6-4-5-7-16(15)22-19(21)18(20(25)26-3)13(14)10-17(21)23/h4-7,12-14,17,24H,8-11H2,1-3H3/p+1/t12-,13+,14+,17+,21?,23?/m1/s1. The molecule has 3 aliphatic heterocycles. The van der Waals surface area contributed by atoms with Gasteiger partial charge in [-0.05, 0) is 18.7 Å². The van der Waals surface area contributed by atoms with Crippen molar-refractivity contribution in [2.45, 2.75) is 37.3 Å². The molecule has 0 radical (unpaired) electrons. The Balaban J connectivity index is 1.79. The first-order chi connectivity index (χ1) is 12.4. The number of quaternary nitrogens is 1. The third kappa shape index (κ3) is 1.75. The number of para-hydroxylation sites is 1. The average molecular weight is 355 g/mol. The van der Waals surface area contributed by atoms with Gasteiger partial charge >= 0.3 is 0 Å². The molecule has 2 N–H and O–H groups in total. The lowest BCUT2D eigenvalue weighted by Crippen LogP contribution is -2.67. The molecule has 5 heteroatoms. The number of benzene rings is 1. The van der Waals surface area contributed by atoms with Crippen LogP contribution in [0.2, 0.25) is 0 Å². The van der Waals surface area contributed by atoms with E-state index in [1.54, 1.807) is 0 Å². The number of aliphatic imine (C=N–C) groups is 1. The zero-order valence-corrected chi connectivity index (χ0v) is 15.7. The normalized spacial score (nSPS) is 42.6. The summed E-state index contributed by atoms with van der Waals surface area (Å²) in [5, 5.41) is 21.3. The molecule has 1 aromatic carbocycles. The van der Waals surface area contributed by atoms with Crippen LogP contribution in [0.5, 0.6) is 0 Å². The molecule has 6 atom stereocenters. The van der Waals surface area contributed by atoms with Crippen molar-refractivity contribution in [3.63, 3.8) is 0 Å². The van der Waals surface area contributed by atoms with Gasteiger partial charge in [-0.1, -0.05) is 18.2 Å². The Kier molecular flexibility index (Phi) is 3.21. The number of hydrogen-bond acceptors (Lipinski definition) is 3. The number of fused-ring (bicyclic) bond motifs is 2. The molecule has 0 aromatic heterocycles. The Hall–Kier alpha value is -1.85. The molecule has 1 aromatic rings. The zero-order chi connectivity index (χ0) is 18.3. The summed E-state index contributed by atoms with van der Waals surface area (Å²) in [7, 11) is 3.82. The first-order valence-corrected chi connectivity index (χ1v) is 9.62. The van der Waals surface area contributed by atoms with Gasteiger partial charge in [0.05, 0.1) is 48.8 Å². The lowest BCUT2D eigenvalue weighted by atomic mass is 9.57. The van der Waals surface area contributed by atoms with Crippen LogP contribution < -0.4 is 5.11 Å². The van der Waals surface area contributed by atoms with E-state index >= 15 is 0 Å². The Labute approximate surface area is 154 Å². The minimum atomic E-state index is -0.243. The first kappa shape index (κ1) is 16.3.